The molecule has 0 spiro atoms. The summed E-state index contributed by atoms with van der Waals surface area (Å²) in [6.45, 7) is 0. The minimum atomic E-state index is 1.07. The Morgan fingerprint density at radius 1 is 0.224 bits per heavy atom. The van der Waals surface area contributed by atoms with Gasteiger partial charge in [-0.05, 0) is 179 Å². The van der Waals surface area contributed by atoms with Crippen molar-refractivity contribution in [3.63, 3.8) is 0 Å². The molecule has 0 aliphatic carbocycles. The normalized spacial score (nSPS) is 11.4. The van der Waals surface area contributed by atoms with Gasteiger partial charge >= 0.3 is 0 Å². The second kappa shape index (κ2) is 19.1. The fraction of sp³-hybridized carbons (Fsp3) is 0. The van der Waals surface area contributed by atoms with Gasteiger partial charge in [0.25, 0.3) is 0 Å². The van der Waals surface area contributed by atoms with Gasteiger partial charge in [0.05, 0.1) is 11.0 Å². The summed E-state index contributed by atoms with van der Waals surface area (Å²) in [4.78, 5) is 2.39. The van der Waals surface area contributed by atoms with Crippen LogP contribution in [-0.4, -0.2) is 4.57 Å². The Hall–Kier alpha value is -10.0. The lowest BCUT2D eigenvalue weighted by Gasteiger charge is -2.26. The number of aromatic nitrogens is 1. The molecule has 0 aliphatic heterocycles. The molecule has 0 aliphatic rings. The molecule has 356 valence electrons. The number of para-hydroxylation sites is 2. The molecule has 1 heterocycles. The maximum absolute atomic E-state index is 2.39. The topological polar surface area (TPSA) is 8.17 Å². The minimum absolute atomic E-state index is 1.07. The Labute approximate surface area is 443 Å². The first-order valence-corrected chi connectivity index (χ1v) is 26.1. The smallest absolute Gasteiger partial charge is 0.0547 e. The second-order valence-electron chi connectivity index (χ2n) is 19.7. The number of hydrogen-bond donors (Lipinski definition) is 0. The molecule has 0 saturated heterocycles. The third-order valence-electron chi connectivity index (χ3n) is 15.1. The first-order chi connectivity index (χ1) is 37.7. The van der Waals surface area contributed by atoms with Crippen LogP contribution >= 0.6 is 0 Å². The molecule has 0 saturated carbocycles. The number of hydrogen-bond acceptors (Lipinski definition) is 1. The van der Waals surface area contributed by atoms with E-state index < -0.39 is 0 Å². The molecule has 0 fully saturated rings. The zero-order valence-electron chi connectivity index (χ0n) is 41.8. The van der Waals surface area contributed by atoms with Gasteiger partial charge in [0.1, 0.15) is 0 Å². The third-order valence-corrected chi connectivity index (χ3v) is 15.1. The monoisotopic (exact) mass is 966 g/mol. The van der Waals surface area contributed by atoms with Crippen LogP contribution in [0.2, 0.25) is 0 Å². The summed E-state index contributed by atoms with van der Waals surface area (Å²) < 4.78 is 2.39. The molecule has 1 aromatic heterocycles. The van der Waals surface area contributed by atoms with Crippen LogP contribution in [0, 0.1) is 0 Å². The van der Waals surface area contributed by atoms with Crippen molar-refractivity contribution in [2.24, 2.45) is 0 Å². The van der Waals surface area contributed by atoms with Gasteiger partial charge in [-0.15, -0.1) is 0 Å². The van der Waals surface area contributed by atoms with E-state index in [0.29, 0.717) is 0 Å². The summed E-state index contributed by atoms with van der Waals surface area (Å²) >= 11 is 0. The van der Waals surface area contributed by atoms with Crippen LogP contribution in [0.1, 0.15) is 0 Å². The van der Waals surface area contributed by atoms with Crippen molar-refractivity contribution in [2.75, 3.05) is 4.90 Å². The van der Waals surface area contributed by atoms with E-state index in [9.17, 15) is 0 Å². The Kier molecular flexibility index (Phi) is 11.2. The fourth-order valence-electron chi connectivity index (χ4n) is 11.4. The molecule has 0 bridgehead atoms. The summed E-state index contributed by atoms with van der Waals surface area (Å²) in [5.41, 5.74) is 21.0. The van der Waals surface area contributed by atoms with Gasteiger partial charge in [-0.2, -0.15) is 0 Å². The van der Waals surface area contributed by atoms with Gasteiger partial charge in [0.15, 0.2) is 0 Å². The lowest BCUT2D eigenvalue weighted by Crippen LogP contribution is -2.10. The standard InChI is InChI=1S/C74H50N2/c1-4-17-51(18-5-1)61-47-62(52-19-6-2-7-20-52)49-63(48-61)54-37-42-66(43-38-54)75(65-40-35-53(36-41-65)58-39-44-69-60(46-58)34-33-55-21-10-11-28-68(55)69)67-27-15-23-57(50-67)56-22-14-24-59(45-56)70-30-16-32-73-74(70)71-29-12-13-31-72(71)76(73)64-25-8-3-9-26-64/h1-50H. The van der Waals surface area contributed by atoms with Crippen molar-refractivity contribution in [2.45, 2.75) is 0 Å². The summed E-state index contributed by atoms with van der Waals surface area (Å²) in [5, 5.41) is 7.55. The lowest BCUT2D eigenvalue weighted by molar-refractivity contribution is 1.18. The van der Waals surface area contributed by atoms with E-state index in [0.717, 1.165) is 39.4 Å². The van der Waals surface area contributed by atoms with Gasteiger partial charge in [0, 0.05) is 33.5 Å². The first kappa shape index (κ1) is 44.7. The first-order valence-electron chi connectivity index (χ1n) is 26.1. The average molecular weight is 967 g/mol. The zero-order chi connectivity index (χ0) is 50.4. The molecule has 76 heavy (non-hydrogen) atoms. The number of rotatable bonds is 10. The molecule has 0 radical (unpaired) electrons. The van der Waals surface area contributed by atoms with Crippen LogP contribution in [0.3, 0.4) is 0 Å². The summed E-state index contributed by atoms with van der Waals surface area (Å²) in [5.74, 6) is 0. The second-order valence-corrected chi connectivity index (χ2v) is 19.7. The molecular formula is C74H50N2. The molecule has 0 atom stereocenters. The predicted octanol–water partition coefficient (Wildman–Crippen LogP) is 20.6. The van der Waals surface area contributed by atoms with Crippen LogP contribution in [-0.2, 0) is 0 Å². The van der Waals surface area contributed by atoms with Crippen molar-refractivity contribution in [3.8, 4) is 72.4 Å². The highest BCUT2D eigenvalue weighted by molar-refractivity contribution is 6.16. The quantitative estimate of drug-likeness (QED) is 0.124. The van der Waals surface area contributed by atoms with Crippen molar-refractivity contribution in [1.82, 2.24) is 4.57 Å². The number of nitrogens with zero attached hydrogens (tertiary/aromatic N) is 2. The summed E-state index contributed by atoms with van der Waals surface area (Å²) in [7, 11) is 0. The van der Waals surface area contributed by atoms with Crippen LogP contribution in [0.4, 0.5) is 17.1 Å². The SMILES string of the molecule is c1ccc(-c2cc(-c3ccccc3)cc(-c3ccc(N(c4ccc(-c5ccc6c(ccc7ccccc76)c5)cc4)c4cccc(-c5cccc(-c6cccc7c6c6ccccc6n7-c6ccccc6)c5)c4)cc3)c2)cc1. The van der Waals surface area contributed by atoms with Gasteiger partial charge < -0.3 is 9.47 Å². The molecule has 13 aromatic carbocycles. The molecule has 14 aromatic rings. The van der Waals surface area contributed by atoms with Crippen LogP contribution in [0.25, 0.3) is 116 Å². The predicted molar refractivity (Wildman–Crippen MR) is 323 cm³/mol. The minimum Gasteiger partial charge on any atom is -0.310 e. The highest BCUT2D eigenvalue weighted by atomic mass is 15.1. The summed E-state index contributed by atoms with van der Waals surface area (Å²) in [6.07, 6.45) is 0. The molecule has 14 rings (SSSR count). The highest BCUT2D eigenvalue weighted by Crippen LogP contribution is 2.43. The Morgan fingerprint density at radius 2 is 0.671 bits per heavy atom. The molecule has 0 unspecified atom stereocenters. The van der Waals surface area contributed by atoms with Crippen molar-refractivity contribution >= 4 is 60.4 Å². The van der Waals surface area contributed by atoms with E-state index in [2.05, 4.69) is 313 Å². The largest absolute Gasteiger partial charge is 0.310 e. The third kappa shape index (κ3) is 8.19. The molecule has 0 N–H and O–H groups in total. The van der Waals surface area contributed by atoms with E-state index in [-0.39, 0.29) is 0 Å². The van der Waals surface area contributed by atoms with Crippen LogP contribution < -0.4 is 4.90 Å². The van der Waals surface area contributed by atoms with E-state index in [1.54, 1.807) is 0 Å². The fourth-order valence-corrected chi connectivity index (χ4v) is 11.4. The van der Waals surface area contributed by atoms with E-state index in [4.69, 9.17) is 0 Å². The summed E-state index contributed by atoms with van der Waals surface area (Å²) in [6, 6.07) is 111. The molecule has 2 nitrogen and oxygen atoms in total. The van der Waals surface area contributed by atoms with Crippen molar-refractivity contribution in [3.05, 3.63) is 303 Å². The van der Waals surface area contributed by atoms with E-state index in [1.165, 1.54) is 93.4 Å². The van der Waals surface area contributed by atoms with E-state index in [1.807, 2.05) is 0 Å². The van der Waals surface area contributed by atoms with Gasteiger partial charge in [-0.25, -0.2) is 0 Å². The van der Waals surface area contributed by atoms with E-state index >= 15 is 0 Å². The Morgan fingerprint density at radius 3 is 1.36 bits per heavy atom. The van der Waals surface area contributed by atoms with Crippen LogP contribution in [0.5, 0.6) is 0 Å². The molecular weight excluding hydrogens is 917 g/mol. The van der Waals surface area contributed by atoms with Gasteiger partial charge in [-0.1, -0.05) is 212 Å². The maximum Gasteiger partial charge on any atom is 0.0547 e. The molecule has 2 heteroatoms. The van der Waals surface area contributed by atoms with Crippen molar-refractivity contribution < 1.29 is 0 Å². The maximum atomic E-state index is 2.39. The Balaban J connectivity index is 0.864. The highest BCUT2D eigenvalue weighted by Gasteiger charge is 2.19. The van der Waals surface area contributed by atoms with Crippen molar-refractivity contribution in [1.29, 1.82) is 0 Å². The van der Waals surface area contributed by atoms with Gasteiger partial charge in [-0.3, -0.25) is 0 Å². The molecule has 0 amide bonds. The zero-order valence-corrected chi connectivity index (χ0v) is 41.8. The van der Waals surface area contributed by atoms with Gasteiger partial charge in [0.2, 0.25) is 0 Å². The number of anilines is 3. The number of benzene rings is 13. The van der Waals surface area contributed by atoms with Crippen LogP contribution in [0.15, 0.2) is 303 Å². The number of fused-ring (bicyclic) bond motifs is 6. The Bertz CT molecular complexity index is 4360. The average Bonchev–Trinajstić information content (AvgIpc) is 3.85. The lowest BCUT2D eigenvalue weighted by atomic mass is 9.93.